The van der Waals surface area contributed by atoms with Crippen LogP contribution in [0.5, 0.6) is 0 Å². The standard InChI is InChI=1S/C11H6Cl2N2O2/c12-8-2-1-3-9(13)11(8)10-5-4-7(6-14-10)15(16)17/h1-6H. The molecule has 2 aromatic rings. The molecular weight excluding hydrogens is 263 g/mol. The summed E-state index contributed by atoms with van der Waals surface area (Å²) in [7, 11) is 0. The van der Waals surface area contributed by atoms with Crippen molar-refractivity contribution < 1.29 is 4.92 Å². The van der Waals surface area contributed by atoms with Crippen molar-refractivity contribution in [3.8, 4) is 11.3 Å². The number of rotatable bonds is 2. The van der Waals surface area contributed by atoms with Crippen LogP contribution in [0.2, 0.25) is 10.0 Å². The van der Waals surface area contributed by atoms with Crippen LogP contribution in [0, 0.1) is 10.1 Å². The lowest BCUT2D eigenvalue weighted by Gasteiger charge is -2.05. The van der Waals surface area contributed by atoms with Gasteiger partial charge in [0, 0.05) is 11.6 Å². The minimum absolute atomic E-state index is 0.0723. The molecule has 1 heterocycles. The maximum absolute atomic E-state index is 10.5. The van der Waals surface area contributed by atoms with Crippen molar-refractivity contribution in [2.45, 2.75) is 0 Å². The van der Waals surface area contributed by atoms with E-state index in [4.69, 9.17) is 23.2 Å². The van der Waals surface area contributed by atoms with E-state index in [0.717, 1.165) is 0 Å². The van der Waals surface area contributed by atoms with Gasteiger partial charge in [-0.2, -0.15) is 0 Å². The third-order valence-corrected chi connectivity index (χ3v) is 2.81. The lowest BCUT2D eigenvalue weighted by Crippen LogP contribution is -1.91. The van der Waals surface area contributed by atoms with Crippen LogP contribution in [0.4, 0.5) is 5.69 Å². The summed E-state index contributed by atoms with van der Waals surface area (Å²) in [6, 6.07) is 7.98. The third kappa shape index (κ3) is 2.38. The highest BCUT2D eigenvalue weighted by Gasteiger charge is 2.11. The lowest BCUT2D eigenvalue weighted by molar-refractivity contribution is -0.385. The number of nitro groups is 1. The van der Waals surface area contributed by atoms with E-state index in [9.17, 15) is 10.1 Å². The predicted molar refractivity (Wildman–Crippen MR) is 66.3 cm³/mol. The lowest BCUT2D eigenvalue weighted by atomic mass is 10.1. The van der Waals surface area contributed by atoms with Crippen LogP contribution < -0.4 is 0 Å². The van der Waals surface area contributed by atoms with Gasteiger partial charge in [0.05, 0.1) is 20.7 Å². The van der Waals surface area contributed by atoms with Crippen LogP contribution in [0.3, 0.4) is 0 Å². The van der Waals surface area contributed by atoms with Crippen LogP contribution in [-0.2, 0) is 0 Å². The fourth-order valence-electron chi connectivity index (χ4n) is 1.38. The van der Waals surface area contributed by atoms with Crippen molar-refractivity contribution >= 4 is 28.9 Å². The van der Waals surface area contributed by atoms with Crippen LogP contribution in [-0.4, -0.2) is 9.91 Å². The summed E-state index contributed by atoms with van der Waals surface area (Å²) in [4.78, 5) is 14.0. The zero-order chi connectivity index (χ0) is 12.4. The van der Waals surface area contributed by atoms with Crippen LogP contribution in [0.25, 0.3) is 11.3 Å². The summed E-state index contributed by atoms with van der Waals surface area (Å²) in [5.41, 5.74) is 1.01. The molecule has 86 valence electrons. The number of nitrogens with zero attached hydrogens (tertiary/aromatic N) is 2. The molecule has 0 aliphatic rings. The molecule has 0 spiro atoms. The van der Waals surface area contributed by atoms with E-state index in [2.05, 4.69) is 4.98 Å². The van der Waals surface area contributed by atoms with E-state index in [-0.39, 0.29) is 5.69 Å². The SMILES string of the molecule is O=[N+]([O-])c1ccc(-c2c(Cl)cccc2Cl)nc1. The van der Waals surface area contributed by atoms with Crippen LogP contribution in [0.15, 0.2) is 36.5 Å². The Bertz CT molecular complexity index is 550. The molecule has 1 aromatic heterocycles. The van der Waals surface area contributed by atoms with Crippen molar-refractivity contribution in [1.82, 2.24) is 4.98 Å². The molecule has 0 saturated heterocycles. The molecule has 0 saturated carbocycles. The van der Waals surface area contributed by atoms with E-state index in [0.29, 0.717) is 21.3 Å². The topological polar surface area (TPSA) is 56.0 Å². The second-order valence-electron chi connectivity index (χ2n) is 3.26. The maximum Gasteiger partial charge on any atom is 0.287 e. The van der Waals surface area contributed by atoms with Crippen molar-refractivity contribution in [2.24, 2.45) is 0 Å². The van der Waals surface area contributed by atoms with Crippen LogP contribution in [0.1, 0.15) is 0 Å². The summed E-state index contributed by atoms with van der Waals surface area (Å²) < 4.78 is 0. The Morgan fingerprint density at radius 3 is 2.24 bits per heavy atom. The Labute approximate surface area is 107 Å². The normalized spacial score (nSPS) is 10.2. The highest BCUT2D eigenvalue weighted by atomic mass is 35.5. The van der Waals surface area contributed by atoms with Gasteiger partial charge in [-0.05, 0) is 18.2 Å². The van der Waals surface area contributed by atoms with Gasteiger partial charge in [0.1, 0.15) is 6.20 Å². The number of hydrogen-bond acceptors (Lipinski definition) is 3. The molecule has 0 unspecified atom stereocenters. The molecule has 0 fully saturated rings. The fraction of sp³-hybridized carbons (Fsp3) is 0. The van der Waals surface area contributed by atoms with Gasteiger partial charge in [-0.25, -0.2) is 4.98 Å². The molecule has 0 amide bonds. The maximum atomic E-state index is 10.5. The monoisotopic (exact) mass is 268 g/mol. The Morgan fingerprint density at radius 2 is 1.76 bits per heavy atom. The van der Waals surface area contributed by atoms with Crippen molar-refractivity contribution in [2.75, 3.05) is 0 Å². The molecule has 0 aliphatic carbocycles. The predicted octanol–water partition coefficient (Wildman–Crippen LogP) is 3.96. The van der Waals surface area contributed by atoms with Crippen molar-refractivity contribution in [3.05, 3.63) is 56.7 Å². The van der Waals surface area contributed by atoms with E-state index in [1.165, 1.54) is 18.3 Å². The molecule has 0 atom stereocenters. The number of pyridine rings is 1. The number of benzene rings is 1. The zero-order valence-corrected chi connectivity index (χ0v) is 9.94. The van der Waals surface area contributed by atoms with Gasteiger partial charge in [0.2, 0.25) is 0 Å². The molecule has 0 N–H and O–H groups in total. The second kappa shape index (κ2) is 4.69. The first-order valence-corrected chi connectivity index (χ1v) is 5.40. The van der Waals surface area contributed by atoms with E-state index in [1.54, 1.807) is 18.2 Å². The molecule has 1 aromatic carbocycles. The van der Waals surface area contributed by atoms with Crippen molar-refractivity contribution in [1.29, 1.82) is 0 Å². The van der Waals surface area contributed by atoms with Gasteiger partial charge in [-0.15, -0.1) is 0 Å². The Kier molecular flexibility index (Phi) is 3.26. The minimum Gasteiger partial charge on any atom is -0.258 e. The van der Waals surface area contributed by atoms with Gasteiger partial charge >= 0.3 is 0 Å². The molecule has 6 heteroatoms. The first-order valence-electron chi connectivity index (χ1n) is 4.64. The Hall–Kier alpha value is -1.65. The second-order valence-corrected chi connectivity index (χ2v) is 4.07. The highest BCUT2D eigenvalue weighted by Crippen LogP contribution is 2.33. The molecule has 0 radical (unpaired) electrons. The summed E-state index contributed by atoms with van der Waals surface area (Å²) in [5, 5.41) is 11.4. The summed E-state index contributed by atoms with van der Waals surface area (Å²) in [5.74, 6) is 0. The molecule has 0 bridgehead atoms. The van der Waals surface area contributed by atoms with E-state index >= 15 is 0 Å². The van der Waals surface area contributed by atoms with Crippen molar-refractivity contribution in [3.63, 3.8) is 0 Å². The first-order chi connectivity index (χ1) is 8.09. The smallest absolute Gasteiger partial charge is 0.258 e. The Balaban J connectivity index is 2.50. The summed E-state index contributed by atoms with van der Waals surface area (Å²) in [6.07, 6.45) is 1.18. The molecule has 0 aliphatic heterocycles. The number of hydrogen-bond donors (Lipinski definition) is 0. The van der Waals surface area contributed by atoms with Gasteiger partial charge in [-0.1, -0.05) is 29.3 Å². The number of aromatic nitrogens is 1. The fourth-order valence-corrected chi connectivity index (χ4v) is 1.98. The summed E-state index contributed by atoms with van der Waals surface area (Å²) >= 11 is 12.0. The molecule has 2 rings (SSSR count). The zero-order valence-electron chi connectivity index (χ0n) is 8.43. The molecular formula is C11H6Cl2N2O2. The van der Waals surface area contributed by atoms with Gasteiger partial charge in [0.25, 0.3) is 5.69 Å². The average Bonchev–Trinajstić information content (AvgIpc) is 2.29. The quantitative estimate of drug-likeness (QED) is 0.612. The third-order valence-electron chi connectivity index (χ3n) is 2.18. The minimum atomic E-state index is -0.509. The Morgan fingerprint density at radius 1 is 1.12 bits per heavy atom. The molecule has 17 heavy (non-hydrogen) atoms. The largest absolute Gasteiger partial charge is 0.287 e. The van der Waals surface area contributed by atoms with E-state index in [1.807, 2.05) is 0 Å². The highest BCUT2D eigenvalue weighted by molar-refractivity contribution is 6.39. The average molecular weight is 269 g/mol. The first kappa shape index (κ1) is 11.8. The van der Waals surface area contributed by atoms with Gasteiger partial charge < -0.3 is 0 Å². The number of halogens is 2. The molecule has 4 nitrogen and oxygen atoms in total. The van der Waals surface area contributed by atoms with Crippen LogP contribution >= 0.6 is 23.2 Å². The van der Waals surface area contributed by atoms with Gasteiger partial charge in [-0.3, -0.25) is 10.1 Å². The van der Waals surface area contributed by atoms with Gasteiger partial charge in [0.15, 0.2) is 0 Å². The van der Waals surface area contributed by atoms with E-state index < -0.39 is 4.92 Å². The summed E-state index contributed by atoms with van der Waals surface area (Å²) in [6.45, 7) is 0.